The van der Waals surface area contributed by atoms with E-state index in [9.17, 15) is 0 Å². The molecule has 0 radical (unpaired) electrons. The van der Waals surface area contributed by atoms with Crippen LogP contribution in [-0.4, -0.2) is 25.1 Å². The Kier molecular flexibility index (Phi) is 7.19. The fourth-order valence-corrected chi connectivity index (χ4v) is 1.99. The van der Waals surface area contributed by atoms with Crippen molar-refractivity contribution in [3.63, 3.8) is 0 Å². The SMILES string of the molecule is C=CCN(CCCCC)Cc1ccc(OC)cc1. The number of ether oxygens (including phenoxy) is 1. The Hall–Kier alpha value is -1.28. The molecule has 0 bridgehead atoms. The molecule has 1 aromatic carbocycles. The van der Waals surface area contributed by atoms with Gasteiger partial charge in [-0.15, -0.1) is 6.58 Å². The molecule has 1 rings (SSSR count). The molecule has 0 saturated carbocycles. The van der Waals surface area contributed by atoms with Crippen LogP contribution in [-0.2, 0) is 6.54 Å². The van der Waals surface area contributed by atoms with Gasteiger partial charge in [-0.3, -0.25) is 4.90 Å². The zero-order valence-electron chi connectivity index (χ0n) is 11.7. The third-order valence-corrected chi connectivity index (χ3v) is 3.03. The van der Waals surface area contributed by atoms with E-state index in [1.807, 2.05) is 18.2 Å². The summed E-state index contributed by atoms with van der Waals surface area (Å²) in [4.78, 5) is 2.43. The van der Waals surface area contributed by atoms with Crippen molar-refractivity contribution in [2.24, 2.45) is 0 Å². The molecule has 0 spiro atoms. The Balaban J connectivity index is 2.49. The number of nitrogens with zero attached hydrogens (tertiary/aromatic N) is 1. The fourth-order valence-electron chi connectivity index (χ4n) is 1.99. The summed E-state index contributed by atoms with van der Waals surface area (Å²) >= 11 is 0. The second kappa shape index (κ2) is 8.76. The van der Waals surface area contributed by atoms with Crippen LogP contribution in [0, 0.1) is 0 Å². The van der Waals surface area contributed by atoms with Crippen molar-refractivity contribution in [3.05, 3.63) is 42.5 Å². The lowest BCUT2D eigenvalue weighted by Gasteiger charge is -2.20. The number of methoxy groups -OCH3 is 1. The first-order valence-electron chi connectivity index (χ1n) is 6.76. The summed E-state index contributed by atoms with van der Waals surface area (Å²) in [5.41, 5.74) is 1.33. The lowest BCUT2D eigenvalue weighted by Crippen LogP contribution is -2.24. The highest BCUT2D eigenvalue weighted by atomic mass is 16.5. The zero-order valence-corrected chi connectivity index (χ0v) is 11.7. The fraction of sp³-hybridized carbons (Fsp3) is 0.500. The molecular formula is C16H25NO. The molecule has 100 valence electrons. The van der Waals surface area contributed by atoms with Crippen molar-refractivity contribution in [1.82, 2.24) is 4.90 Å². The van der Waals surface area contributed by atoms with Crippen LogP contribution in [0.2, 0.25) is 0 Å². The monoisotopic (exact) mass is 247 g/mol. The number of hydrogen-bond acceptors (Lipinski definition) is 2. The van der Waals surface area contributed by atoms with Crippen molar-refractivity contribution in [3.8, 4) is 5.75 Å². The predicted molar refractivity (Wildman–Crippen MR) is 78.0 cm³/mol. The highest BCUT2D eigenvalue weighted by Gasteiger charge is 2.04. The number of rotatable bonds is 9. The Morgan fingerprint density at radius 1 is 1.22 bits per heavy atom. The van der Waals surface area contributed by atoms with Crippen molar-refractivity contribution >= 4 is 0 Å². The molecule has 0 N–H and O–H groups in total. The molecule has 0 amide bonds. The molecule has 0 aliphatic rings. The quantitative estimate of drug-likeness (QED) is 0.485. The van der Waals surface area contributed by atoms with Gasteiger partial charge in [-0.25, -0.2) is 0 Å². The van der Waals surface area contributed by atoms with Crippen LogP contribution >= 0.6 is 0 Å². The summed E-state index contributed by atoms with van der Waals surface area (Å²) in [5.74, 6) is 0.917. The number of benzene rings is 1. The summed E-state index contributed by atoms with van der Waals surface area (Å²) in [6.45, 7) is 9.16. The first kappa shape index (κ1) is 14.8. The smallest absolute Gasteiger partial charge is 0.118 e. The summed E-state index contributed by atoms with van der Waals surface area (Å²) in [6, 6.07) is 8.31. The molecule has 0 saturated heterocycles. The molecule has 0 fully saturated rings. The molecule has 0 aliphatic carbocycles. The van der Waals surface area contributed by atoms with E-state index in [0.29, 0.717) is 0 Å². The summed E-state index contributed by atoms with van der Waals surface area (Å²) < 4.78 is 5.17. The van der Waals surface area contributed by atoms with E-state index in [2.05, 4.69) is 30.5 Å². The van der Waals surface area contributed by atoms with Crippen molar-refractivity contribution in [2.75, 3.05) is 20.2 Å². The maximum atomic E-state index is 5.17. The normalized spacial score (nSPS) is 10.6. The second-order valence-electron chi connectivity index (χ2n) is 4.58. The Morgan fingerprint density at radius 2 is 1.94 bits per heavy atom. The summed E-state index contributed by atoms with van der Waals surface area (Å²) in [7, 11) is 1.70. The Bertz CT molecular complexity index is 331. The summed E-state index contributed by atoms with van der Waals surface area (Å²) in [5, 5.41) is 0. The predicted octanol–water partition coefficient (Wildman–Crippen LogP) is 3.87. The maximum absolute atomic E-state index is 5.17. The molecule has 0 aliphatic heterocycles. The van der Waals surface area contributed by atoms with E-state index in [0.717, 1.165) is 25.4 Å². The minimum absolute atomic E-state index is 0.917. The van der Waals surface area contributed by atoms with Crippen LogP contribution < -0.4 is 4.74 Å². The van der Waals surface area contributed by atoms with Crippen molar-refractivity contribution in [2.45, 2.75) is 32.7 Å². The highest BCUT2D eigenvalue weighted by molar-refractivity contribution is 5.27. The molecular weight excluding hydrogens is 222 g/mol. The third kappa shape index (κ3) is 5.37. The zero-order chi connectivity index (χ0) is 13.2. The van der Waals surface area contributed by atoms with Gasteiger partial charge in [0.05, 0.1) is 7.11 Å². The van der Waals surface area contributed by atoms with Gasteiger partial charge in [0, 0.05) is 13.1 Å². The van der Waals surface area contributed by atoms with Gasteiger partial charge < -0.3 is 4.74 Å². The average molecular weight is 247 g/mol. The first-order chi connectivity index (χ1) is 8.80. The summed E-state index contributed by atoms with van der Waals surface area (Å²) in [6.07, 6.45) is 5.82. The van der Waals surface area contributed by atoms with Gasteiger partial charge in [0.2, 0.25) is 0 Å². The number of unbranched alkanes of at least 4 members (excludes halogenated alkanes) is 2. The molecule has 1 aromatic rings. The molecule has 0 aromatic heterocycles. The Morgan fingerprint density at radius 3 is 2.50 bits per heavy atom. The van der Waals surface area contributed by atoms with Crippen LogP contribution in [0.4, 0.5) is 0 Å². The van der Waals surface area contributed by atoms with Gasteiger partial charge in [0.1, 0.15) is 5.75 Å². The van der Waals surface area contributed by atoms with Crippen molar-refractivity contribution in [1.29, 1.82) is 0 Å². The topological polar surface area (TPSA) is 12.5 Å². The molecule has 0 unspecified atom stereocenters. The first-order valence-corrected chi connectivity index (χ1v) is 6.76. The van der Waals surface area contributed by atoms with Crippen LogP contribution in [0.3, 0.4) is 0 Å². The third-order valence-electron chi connectivity index (χ3n) is 3.03. The van der Waals surface area contributed by atoms with Gasteiger partial charge in [0.25, 0.3) is 0 Å². The van der Waals surface area contributed by atoms with Crippen LogP contribution in [0.5, 0.6) is 5.75 Å². The van der Waals surface area contributed by atoms with E-state index in [1.165, 1.54) is 24.8 Å². The average Bonchev–Trinajstić information content (AvgIpc) is 2.40. The molecule has 18 heavy (non-hydrogen) atoms. The van der Waals surface area contributed by atoms with E-state index in [1.54, 1.807) is 7.11 Å². The van der Waals surface area contributed by atoms with E-state index in [-0.39, 0.29) is 0 Å². The highest BCUT2D eigenvalue weighted by Crippen LogP contribution is 2.13. The molecule has 2 nitrogen and oxygen atoms in total. The lowest BCUT2D eigenvalue weighted by molar-refractivity contribution is 0.287. The standard InChI is InChI=1S/C16H25NO/c1-4-6-7-13-17(12-5-2)14-15-8-10-16(18-3)11-9-15/h5,8-11H,2,4,6-7,12-14H2,1,3H3. The minimum Gasteiger partial charge on any atom is -0.497 e. The van der Waals surface area contributed by atoms with Gasteiger partial charge in [-0.1, -0.05) is 38.0 Å². The van der Waals surface area contributed by atoms with E-state index < -0.39 is 0 Å². The van der Waals surface area contributed by atoms with Crippen LogP contribution in [0.25, 0.3) is 0 Å². The van der Waals surface area contributed by atoms with Gasteiger partial charge in [-0.05, 0) is 30.7 Å². The second-order valence-corrected chi connectivity index (χ2v) is 4.58. The molecule has 2 heteroatoms. The molecule has 0 atom stereocenters. The minimum atomic E-state index is 0.917. The Labute approximate surface area is 111 Å². The maximum Gasteiger partial charge on any atom is 0.118 e. The molecule has 0 heterocycles. The largest absolute Gasteiger partial charge is 0.497 e. The van der Waals surface area contributed by atoms with Gasteiger partial charge in [0.15, 0.2) is 0 Å². The van der Waals surface area contributed by atoms with Gasteiger partial charge in [-0.2, -0.15) is 0 Å². The van der Waals surface area contributed by atoms with E-state index in [4.69, 9.17) is 4.74 Å². The lowest BCUT2D eigenvalue weighted by atomic mass is 10.2. The number of hydrogen-bond donors (Lipinski definition) is 0. The van der Waals surface area contributed by atoms with E-state index >= 15 is 0 Å². The van der Waals surface area contributed by atoms with Gasteiger partial charge >= 0.3 is 0 Å². The van der Waals surface area contributed by atoms with Crippen molar-refractivity contribution < 1.29 is 4.74 Å². The van der Waals surface area contributed by atoms with Crippen LogP contribution in [0.1, 0.15) is 31.7 Å². The van der Waals surface area contributed by atoms with Crippen LogP contribution in [0.15, 0.2) is 36.9 Å².